The molecule has 0 bridgehead atoms. The molecule has 1 aliphatic heterocycles. The molecule has 1 saturated heterocycles. The molecule has 1 aromatic rings. The zero-order valence-electron chi connectivity index (χ0n) is 14.8. The first-order valence-electron chi connectivity index (χ1n) is 8.38. The number of ether oxygens (including phenoxy) is 3. The number of methoxy groups -OCH3 is 1. The van der Waals surface area contributed by atoms with E-state index < -0.39 is 17.9 Å². The van der Waals surface area contributed by atoms with Crippen LogP contribution in [0.2, 0.25) is 0 Å². The highest BCUT2D eigenvalue weighted by Gasteiger charge is 2.31. The molecule has 1 amide bonds. The lowest BCUT2D eigenvalue weighted by Crippen LogP contribution is -2.48. The molecule has 0 saturated carbocycles. The standard InChI is InChI=1S/C18H25NO6/c1-11(2)25-14-7-6-12(9-15(14)23-3)17(20)19-16(18(21)22)13-5-4-8-24-10-13/h6-7,9,11,13,16H,4-5,8,10H2,1-3H3,(H,19,20)(H,21,22). The number of carbonyl (C=O) groups excluding carboxylic acids is 1. The molecule has 138 valence electrons. The SMILES string of the molecule is COc1cc(C(=O)NC(C(=O)O)C2CCCOC2)ccc1OC(C)C. The minimum Gasteiger partial charge on any atom is -0.493 e. The fourth-order valence-corrected chi connectivity index (χ4v) is 2.79. The maximum Gasteiger partial charge on any atom is 0.326 e. The first-order valence-corrected chi connectivity index (χ1v) is 8.38. The van der Waals surface area contributed by atoms with Gasteiger partial charge in [-0.15, -0.1) is 0 Å². The molecule has 25 heavy (non-hydrogen) atoms. The Morgan fingerprint density at radius 2 is 2.08 bits per heavy atom. The molecule has 0 spiro atoms. The Morgan fingerprint density at radius 3 is 2.64 bits per heavy atom. The second kappa shape index (κ2) is 8.71. The normalized spacial score (nSPS) is 18.5. The summed E-state index contributed by atoms with van der Waals surface area (Å²) in [5, 5.41) is 12.0. The van der Waals surface area contributed by atoms with Gasteiger partial charge in [0, 0.05) is 18.1 Å². The summed E-state index contributed by atoms with van der Waals surface area (Å²) in [7, 11) is 1.49. The van der Waals surface area contributed by atoms with Crippen molar-refractivity contribution < 1.29 is 28.9 Å². The summed E-state index contributed by atoms with van der Waals surface area (Å²) >= 11 is 0. The molecule has 1 aromatic carbocycles. The fraction of sp³-hybridized carbons (Fsp3) is 0.556. The minimum absolute atomic E-state index is 0.0312. The maximum atomic E-state index is 12.5. The van der Waals surface area contributed by atoms with E-state index in [1.807, 2.05) is 13.8 Å². The van der Waals surface area contributed by atoms with E-state index >= 15 is 0 Å². The summed E-state index contributed by atoms with van der Waals surface area (Å²) in [5.41, 5.74) is 0.316. The van der Waals surface area contributed by atoms with E-state index in [9.17, 15) is 14.7 Å². The van der Waals surface area contributed by atoms with Gasteiger partial charge in [0.15, 0.2) is 11.5 Å². The van der Waals surface area contributed by atoms with Gasteiger partial charge in [0.2, 0.25) is 0 Å². The van der Waals surface area contributed by atoms with E-state index in [2.05, 4.69) is 5.32 Å². The number of hydrogen-bond acceptors (Lipinski definition) is 5. The van der Waals surface area contributed by atoms with Crippen molar-refractivity contribution >= 4 is 11.9 Å². The van der Waals surface area contributed by atoms with Crippen LogP contribution in [-0.2, 0) is 9.53 Å². The van der Waals surface area contributed by atoms with Crippen LogP contribution in [0.3, 0.4) is 0 Å². The van der Waals surface area contributed by atoms with Crippen molar-refractivity contribution in [2.45, 2.75) is 38.8 Å². The Balaban J connectivity index is 2.13. The Hall–Kier alpha value is -2.28. The zero-order valence-corrected chi connectivity index (χ0v) is 14.8. The lowest BCUT2D eigenvalue weighted by Gasteiger charge is -2.28. The quantitative estimate of drug-likeness (QED) is 0.781. The number of rotatable bonds is 7. The fourth-order valence-electron chi connectivity index (χ4n) is 2.79. The highest BCUT2D eigenvalue weighted by Crippen LogP contribution is 2.29. The van der Waals surface area contributed by atoms with Crippen molar-refractivity contribution in [2.24, 2.45) is 5.92 Å². The molecule has 7 nitrogen and oxygen atoms in total. The maximum absolute atomic E-state index is 12.5. The van der Waals surface area contributed by atoms with Crippen LogP contribution in [-0.4, -0.2) is 49.5 Å². The van der Waals surface area contributed by atoms with Gasteiger partial charge in [-0.1, -0.05) is 0 Å². The lowest BCUT2D eigenvalue weighted by molar-refractivity contribution is -0.142. The molecular formula is C18H25NO6. The molecule has 2 N–H and O–H groups in total. The highest BCUT2D eigenvalue weighted by molar-refractivity contribution is 5.97. The summed E-state index contributed by atoms with van der Waals surface area (Å²) < 4.78 is 16.2. The number of amides is 1. The average molecular weight is 351 g/mol. The third-order valence-corrected chi connectivity index (χ3v) is 4.01. The number of hydrogen-bond donors (Lipinski definition) is 2. The lowest BCUT2D eigenvalue weighted by atomic mass is 9.93. The van der Waals surface area contributed by atoms with Crippen LogP contribution in [0.5, 0.6) is 11.5 Å². The van der Waals surface area contributed by atoms with Crippen LogP contribution < -0.4 is 14.8 Å². The van der Waals surface area contributed by atoms with Gasteiger partial charge in [-0.2, -0.15) is 0 Å². The Morgan fingerprint density at radius 1 is 1.32 bits per heavy atom. The van der Waals surface area contributed by atoms with Crippen LogP contribution in [0.1, 0.15) is 37.0 Å². The molecule has 2 rings (SSSR count). The monoisotopic (exact) mass is 351 g/mol. The van der Waals surface area contributed by atoms with E-state index in [-0.39, 0.29) is 12.0 Å². The average Bonchev–Trinajstić information content (AvgIpc) is 2.59. The largest absolute Gasteiger partial charge is 0.493 e. The van der Waals surface area contributed by atoms with Crippen molar-refractivity contribution in [3.8, 4) is 11.5 Å². The van der Waals surface area contributed by atoms with Gasteiger partial charge in [-0.25, -0.2) is 4.79 Å². The van der Waals surface area contributed by atoms with E-state index in [4.69, 9.17) is 14.2 Å². The second-order valence-corrected chi connectivity index (χ2v) is 6.30. The number of carbonyl (C=O) groups is 2. The van der Waals surface area contributed by atoms with Crippen LogP contribution in [0, 0.1) is 5.92 Å². The third kappa shape index (κ3) is 5.09. The smallest absolute Gasteiger partial charge is 0.326 e. The first kappa shape index (κ1) is 19.1. The molecule has 7 heteroatoms. The van der Waals surface area contributed by atoms with E-state index in [0.717, 1.165) is 6.42 Å². The summed E-state index contributed by atoms with van der Waals surface area (Å²) in [6.07, 6.45) is 1.47. The molecular weight excluding hydrogens is 326 g/mol. The van der Waals surface area contributed by atoms with Crippen LogP contribution in [0.4, 0.5) is 0 Å². The summed E-state index contributed by atoms with van der Waals surface area (Å²) in [6.45, 7) is 4.75. The highest BCUT2D eigenvalue weighted by atomic mass is 16.5. The van der Waals surface area contributed by atoms with Gasteiger partial charge in [0.1, 0.15) is 6.04 Å². The Bertz CT molecular complexity index is 610. The van der Waals surface area contributed by atoms with Crippen molar-refractivity contribution in [3.05, 3.63) is 23.8 Å². The Kier molecular flexibility index (Phi) is 6.64. The van der Waals surface area contributed by atoms with Crippen LogP contribution in [0.15, 0.2) is 18.2 Å². The van der Waals surface area contributed by atoms with Gasteiger partial charge < -0.3 is 24.6 Å². The number of carboxylic acids is 1. The van der Waals surface area contributed by atoms with Crippen molar-refractivity contribution in [1.29, 1.82) is 0 Å². The molecule has 0 aliphatic carbocycles. The van der Waals surface area contributed by atoms with E-state index in [1.54, 1.807) is 18.2 Å². The Labute approximate surface area is 147 Å². The van der Waals surface area contributed by atoms with E-state index in [1.165, 1.54) is 7.11 Å². The van der Waals surface area contributed by atoms with Gasteiger partial charge in [0.25, 0.3) is 5.91 Å². The van der Waals surface area contributed by atoms with Crippen LogP contribution >= 0.6 is 0 Å². The number of carboxylic acid groups (broad SMARTS) is 1. The van der Waals surface area contributed by atoms with Crippen LogP contribution in [0.25, 0.3) is 0 Å². The molecule has 1 heterocycles. The molecule has 0 radical (unpaired) electrons. The predicted molar refractivity (Wildman–Crippen MR) is 91.2 cm³/mol. The van der Waals surface area contributed by atoms with E-state index in [0.29, 0.717) is 36.7 Å². The first-order chi connectivity index (χ1) is 11.9. The minimum atomic E-state index is -1.06. The molecule has 2 atom stereocenters. The molecule has 0 aromatic heterocycles. The molecule has 2 unspecified atom stereocenters. The summed E-state index contributed by atoms with van der Waals surface area (Å²) in [5.74, 6) is -0.803. The summed E-state index contributed by atoms with van der Waals surface area (Å²) in [4.78, 5) is 24.0. The summed E-state index contributed by atoms with van der Waals surface area (Å²) in [6, 6.07) is 3.80. The van der Waals surface area contributed by atoms with Gasteiger partial charge in [0.05, 0.1) is 19.8 Å². The second-order valence-electron chi connectivity index (χ2n) is 6.30. The van der Waals surface area contributed by atoms with Gasteiger partial charge in [-0.05, 0) is 44.9 Å². The third-order valence-electron chi connectivity index (χ3n) is 4.01. The predicted octanol–water partition coefficient (Wildman–Crippen LogP) is 2.09. The van der Waals surface area contributed by atoms with Crippen molar-refractivity contribution in [2.75, 3.05) is 20.3 Å². The van der Waals surface area contributed by atoms with Crippen molar-refractivity contribution in [3.63, 3.8) is 0 Å². The molecule has 1 fully saturated rings. The van der Waals surface area contributed by atoms with Gasteiger partial charge in [-0.3, -0.25) is 4.79 Å². The zero-order chi connectivity index (χ0) is 18.4. The number of benzene rings is 1. The van der Waals surface area contributed by atoms with Gasteiger partial charge >= 0.3 is 5.97 Å². The van der Waals surface area contributed by atoms with Crippen molar-refractivity contribution in [1.82, 2.24) is 5.32 Å². The molecule has 1 aliphatic rings. The number of nitrogens with one attached hydrogen (secondary N) is 1. The topological polar surface area (TPSA) is 94.1 Å². The number of aliphatic carboxylic acids is 1.